The zero-order valence-electron chi connectivity index (χ0n) is 10.9. The highest BCUT2D eigenvalue weighted by Gasteiger charge is 2.29. The molecule has 1 aliphatic rings. The third-order valence-electron chi connectivity index (χ3n) is 3.48. The Morgan fingerprint density at radius 2 is 2.20 bits per heavy atom. The Hall–Kier alpha value is -1.50. The van der Waals surface area contributed by atoms with Gasteiger partial charge in [-0.15, -0.1) is 0 Å². The third-order valence-corrected chi connectivity index (χ3v) is 3.48. The van der Waals surface area contributed by atoms with Gasteiger partial charge in [0.15, 0.2) is 0 Å². The van der Waals surface area contributed by atoms with Crippen LogP contribution in [0.3, 0.4) is 0 Å². The van der Waals surface area contributed by atoms with Gasteiger partial charge < -0.3 is 15.0 Å². The van der Waals surface area contributed by atoms with E-state index in [1.54, 1.807) is 0 Å². The Labute approximate surface area is 114 Å². The van der Waals surface area contributed by atoms with Gasteiger partial charge in [0.2, 0.25) is 0 Å². The predicted octanol–water partition coefficient (Wildman–Crippen LogP) is 1.94. The van der Waals surface area contributed by atoms with Gasteiger partial charge >= 0.3 is 6.18 Å². The molecule has 1 heterocycles. The second-order valence-corrected chi connectivity index (χ2v) is 5.18. The van der Waals surface area contributed by atoms with Crippen LogP contribution in [0.4, 0.5) is 13.2 Å². The standard InChI is InChI=1S/C13H17F3N2O2/c14-13(15,16)8-18-5-1-2-11(18)12(20)17-7-9-3-4-10(19)6-9/h1-2,5,9-10,19H,3-4,6-8H2,(H,17,20). The van der Waals surface area contributed by atoms with Gasteiger partial charge in [0.25, 0.3) is 5.91 Å². The lowest BCUT2D eigenvalue weighted by Gasteiger charge is -2.14. The number of nitrogens with zero attached hydrogens (tertiary/aromatic N) is 1. The van der Waals surface area contributed by atoms with E-state index in [1.165, 1.54) is 18.3 Å². The van der Waals surface area contributed by atoms with Crippen LogP contribution < -0.4 is 5.32 Å². The molecule has 2 unspecified atom stereocenters. The molecule has 0 spiro atoms. The van der Waals surface area contributed by atoms with Gasteiger partial charge in [-0.1, -0.05) is 0 Å². The summed E-state index contributed by atoms with van der Waals surface area (Å²) in [6, 6.07) is 2.78. The first-order valence-corrected chi connectivity index (χ1v) is 6.53. The highest BCUT2D eigenvalue weighted by Crippen LogP contribution is 2.24. The summed E-state index contributed by atoms with van der Waals surface area (Å²) in [7, 11) is 0. The summed E-state index contributed by atoms with van der Waals surface area (Å²) in [6.07, 6.45) is -1.28. The lowest BCUT2D eigenvalue weighted by Crippen LogP contribution is -2.31. The van der Waals surface area contributed by atoms with Gasteiger partial charge in [0.05, 0.1) is 6.10 Å². The zero-order valence-corrected chi connectivity index (χ0v) is 10.9. The van der Waals surface area contributed by atoms with E-state index in [4.69, 9.17) is 0 Å². The molecule has 7 heteroatoms. The summed E-state index contributed by atoms with van der Waals surface area (Å²) >= 11 is 0. The van der Waals surface area contributed by atoms with Crippen LogP contribution in [0.2, 0.25) is 0 Å². The summed E-state index contributed by atoms with van der Waals surface area (Å²) in [5, 5.41) is 12.0. The van der Waals surface area contributed by atoms with E-state index in [0.29, 0.717) is 19.4 Å². The van der Waals surface area contributed by atoms with Crippen LogP contribution >= 0.6 is 0 Å². The molecular formula is C13H17F3N2O2. The average molecular weight is 290 g/mol. The zero-order chi connectivity index (χ0) is 14.8. The first-order chi connectivity index (χ1) is 9.35. The minimum atomic E-state index is -4.36. The van der Waals surface area contributed by atoms with Crippen molar-refractivity contribution in [2.45, 2.75) is 38.1 Å². The number of hydrogen-bond donors (Lipinski definition) is 2. The van der Waals surface area contributed by atoms with Crippen molar-refractivity contribution in [3.63, 3.8) is 0 Å². The molecule has 1 aromatic heterocycles. The number of hydrogen-bond acceptors (Lipinski definition) is 2. The van der Waals surface area contributed by atoms with Crippen molar-refractivity contribution in [1.82, 2.24) is 9.88 Å². The van der Waals surface area contributed by atoms with Crippen LogP contribution in [-0.2, 0) is 6.54 Å². The largest absolute Gasteiger partial charge is 0.406 e. The topological polar surface area (TPSA) is 54.3 Å². The molecule has 2 rings (SSSR count). The maximum atomic E-state index is 12.4. The molecule has 1 fully saturated rings. The normalized spacial score (nSPS) is 23.0. The monoisotopic (exact) mass is 290 g/mol. The number of aromatic nitrogens is 1. The Kier molecular flexibility index (Phi) is 4.37. The van der Waals surface area contributed by atoms with Crippen molar-refractivity contribution < 1.29 is 23.1 Å². The number of halogens is 3. The number of amides is 1. The lowest BCUT2D eigenvalue weighted by molar-refractivity contribution is -0.140. The van der Waals surface area contributed by atoms with E-state index < -0.39 is 18.6 Å². The number of aliphatic hydroxyl groups is 1. The van der Waals surface area contributed by atoms with E-state index in [2.05, 4.69) is 5.32 Å². The average Bonchev–Trinajstić information content (AvgIpc) is 2.93. The molecule has 0 aliphatic heterocycles. The molecule has 0 saturated heterocycles. The smallest absolute Gasteiger partial charge is 0.393 e. The Morgan fingerprint density at radius 3 is 2.80 bits per heavy atom. The van der Waals surface area contributed by atoms with Crippen molar-refractivity contribution in [2.75, 3.05) is 6.54 Å². The molecule has 2 atom stereocenters. The molecule has 112 valence electrons. The number of aliphatic hydroxyl groups excluding tert-OH is 1. The Bertz CT molecular complexity index is 470. The van der Waals surface area contributed by atoms with Gasteiger partial charge in [-0.05, 0) is 37.3 Å². The molecule has 4 nitrogen and oxygen atoms in total. The van der Waals surface area contributed by atoms with Crippen LogP contribution in [0.1, 0.15) is 29.8 Å². The molecule has 0 bridgehead atoms. The molecule has 1 aliphatic carbocycles. The highest BCUT2D eigenvalue weighted by molar-refractivity contribution is 5.92. The van der Waals surface area contributed by atoms with Gasteiger partial charge in [-0.3, -0.25) is 4.79 Å². The van der Waals surface area contributed by atoms with Gasteiger partial charge in [0.1, 0.15) is 12.2 Å². The van der Waals surface area contributed by atoms with Crippen LogP contribution in [-0.4, -0.2) is 34.4 Å². The SMILES string of the molecule is O=C(NCC1CCC(O)C1)c1cccn1CC(F)(F)F. The Morgan fingerprint density at radius 1 is 1.45 bits per heavy atom. The Balaban J connectivity index is 1.91. The van der Waals surface area contributed by atoms with Crippen molar-refractivity contribution >= 4 is 5.91 Å². The van der Waals surface area contributed by atoms with Gasteiger partial charge in [0, 0.05) is 12.7 Å². The molecule has 0 radical (unpaired) electrons. The molecular weight excluding hydrogens is 273 g/mol. The molecule has 2 N–H and O–H groups in total. The summed E-state index contributed by atoms with van der Waals surface area (Å²) in [5.41, 5.74) is 0.000806. The predicted molar refractivity (Wildman–Crippen MR) is 66.2 cm³/mol. The maximum absolute atomic E-state index is 12.4. The summed E-state index contributed by atoms with van der Waals surface area (Å²) in [6.45, 7) is -0.794. The van der Waals surface area contributed by atoms with Crippen molar-refractivity contribution in [2.24, 2.45) is 5.92 Å². The summed E-state index contributed by atoms with van der Waals surface area (Å²) in [4.78, 5) is 11.9. The first-order valence-electron chi connectivity index (χ1n) is 6.53. The highest BCUT2D eigenvalue weighted by atomic mass is 19.4. The fourth-order valence-corrected chi connectivity index (χ4v) is 2.51. The second kappa shape index (κ2) is 5.87. The number of rotatable bonds is 4. The fourth-order valence-electron chi connectivity index (χ4n) is 2.51. The molecule has 20 heavy (non-hydrogen) atoms. The van der Waals surface area contributed by atoms with E-state index in [-0.39, 0.29) is 17.7 Å². The summed E-state index contributed by atoms with van der Waals surface area (Å²) < 4.78 is 38.0. The number of nitrogens with one attached hydrogen (secondary N) is 1. The molecule has 1 aromatic rings. The maximum Gasteiger partial charge on any atom is 0.406 e. The van der Waals surface area contributed by atoms with E-state index in [9.17, 15) is 23.1 Å². The number of alkyl halides is 3. The van der Waals surface area contributed by atoms with Crippen molar-refractivity contribution in [1.29, 1.82) is 0 Å². The van der Waals surface area contributed by atoms with E-state index in [1.807, 2.05) is 0 Å². The third kappa shape index (κ3) is 4.00. The molecule has 1 saturated carbocycles. The lowest BCUT2D eigenvalue weighted by atomic mass is 10.1. The quantitative estimate of drug-likeness (QED) is 0.890. The van der Waals surface area contributed by atoms with Crippen molar-refractivity contribution in [3.05, 3.63) is 24.0 Å². The van der Waals surface area contributed by atoms with Crippen LogP contribution in [0.15, 0.2) is 18.3 Å². The first kappa shape index (κ1) is 14.9. The van der Waals surface area contributed by atoms with Crippen molar-refractivity contribution in [3.8, 4) is 0 Å². The fraction of sp³-hybridized carbons (Fsp3) is 0.615. The van der Waals surface area contributed by atoms with Gasteiger partial charge in [-0.25, -0.2) is 0 Å². The van der Waals surface area contributed by atoms with Crippen LogP contribution in [0.5, 0.6) is 0 Å². The number of carbonyl (C=O) groups is 1. The molecule has 1 amide bonds. The summed E-state index contributed by atoms with van der Waals surface area (Å²) in [5.74, 6) is -0.319. The van der Waals surface area contributed by atoms with E-state index >= 15 is 0 Å². The van der Waals surface area contributed by atoms with Crippen LogP contribution in [0, 0.1) is 5.92 Å². The van der Waals surface area contributed by atoms with Crippen LogP contribution in [0.25, 0.3) is 0 Å². The van der Waals surface area contributed by atoms with Gasteiger partial charge in [-0.2, -0.15) is 13.2 Å². The minimum absolute atomic E-state index is 0.000806. The van der Waals surface area contributed by atoms with E-state index in [0.717, 1.165) is 11.0 Å². The number of carbonyl (C=O) groups excluding carboxylic acids is 1. The minimum Gasteiger partial charge on any atom is -0.393 e. The molecule has 0 aromatic carbocycles. The second-order valence-electron chi connectivity index (χ2n) is 5.18.